The fourth-order valence-electron chi connectivity index (χ4n) is 8.07. The number of amides is 1. The summed E-state index contributed by atoms with van der Waals surface area (Å²) in [4.78, 5) is 28.1. The minimum atomic E-state index is -4.48. The van der Waals surface area contributed by atoms with Gasteiger partial charge in [-0.2, -0.15) is 0 Å². The van der Waals surface area contributed by atoms with Crippen LogP contribution in [0, 0.1) is 22.0 Å². The van der Waals surface area contributed by atoms with Crippen LogP contribution in [0.4, 0.5) is 11.4 Å². The second kappa shape index (κ2) is 20.9. The number of nitro groups is 1. The van der Waals surface area contributed by atoms with Crippen LogP contribution in [-0.2, 0) is 25.9 Å². The van der Waals surface area contributed by atoms with Crippen molar-refractivity contribution < 1.29 is 27.6 Å². The van der Waals surface area contributed by atoms with Gasteiger partial charge < -0.3 is 14.8 Å². The van der Waals surface area contributed by atoms with E-state index >= 15 is 0 Å². The van der Waals surface area contributed by atoms with Crippen LogP contribution in [0.5, 0.6) is 0 Å². The quantitative estimate of drug-likeness (QED) is 0.0401. The van der Waals surface area contributed by atoms with Crippen molar-refractivity contribution in [3.8, 4) is 11.1 Å². The van der Waals surface area contributed by atoms with E-state index < -0.39 is 31.4 Å². The Morgan fingerprint density at radius 1 is 0.968 bits per heavy atom. The second-order valence-electron chi connectivity index (χ2n) is 15.9. The van der Waals surface area contributed by atoms with Gasteiger partial charge in [-0.15, -0.1) is 11.8 Å². The minimum absolute atomic E-state index is 0.0208. The SMILES string of the molecule is C=C(C)[C@@H]1C[C@@H](Cc2ccccc2-c2ccc(Cl)cc2)CO[C@H]1c1ccc(C(=O)NS(=O)(=O)c2ccc(N[C@H](CCN3CCOCC3)CSc3ccccc3)c([N+](=O)[O-])c2)cc1. The summed E-state index contributed by atoms with van der Waals surface area (Å²) in [6, 6.07) is 36.3. The molecule has 324 valence electrons. The first-order valence-electron chi connectivity index (χ1n) is 20.7. The summed E-state index contributed by atoms with van der Waals surface area (Å²) in [6.07, 6.45) is 2.10. The smallest absolute Gasteiger partial charge is 0.293 e. The third kappa shape index (κ3) is 11.7. The van der Waals surface area contributed by atoms with Crippen molar-refractivity contribution in [2.75, 3.05) is 50.5 Å². The predicted octanol–water partition coefficient (Wildman–Crippen LogP) is 9.84. The van der Waals surface area contributed by atoms with E-state index in [1.807, 2.05) is 67.6 Å². The first-order valence-corrected chi connectivity index (χ1v) is 23.6. The fraction of sp³-hybridized carbons (Fsp3) is 0.312. The first-order chi connectivity index (χ1) is 29.9. The number of nitro benzene ring substituents is 1. The molecule has 1 amide bonds. The number of hydrogen-bond acceptors (Lipinski definition) is 10. The second-order valence-corrected chi connectivity index (χ2v) is 19.1. The van der Waals surface area contributed by atoms with Gasteiger partial charge >= 0.3 is 0 Å². The average Bonchev–Trinajstić information content (AvgIpc) is 3.28. The van der Waals surface area contributed by atoms with Gasteiger partial charge in [-0.05, 0) is 103 Å². The molecule has 2 fully saturated rings. The highest BCUT2D eigenvalue weighted by Gasteiger charge is 2.34. The number of anilines is 1. The van der Waals surface area contributed by atoms with Crippen molar-refractivity contribution in [2.24, 2.45) is 11.8 Å². The van der Waals surface area contributed by atoms with Gasteiger partial charge in [0.25, 0.3) is 21.6 Å². The zero-order chi connectivity index (χ0) is 43.6. The van der Waals surface area contributed by atoms with Gasteiger partial charge in [-0.1, -0.05) is 90.5 Å². The standard InChI is InChI=1S/C48H51ClN4O7S2/c1-33(2)44-29-34(28-38-8-6-7-11-43(38)35-16-18-39(49)19-17-35)31-60-47(44)36-12-14-37(15-13-36)48(54)51-62(57,58)42-20-21-45(46(30-42)53(55)56)50-40(22-23-52-24-26-59-27-25-52)32-61-41-9-4-3-5-10-41/h3-21,30,34,40,44,47,50H,1,22-29,31-32H2,2H3,(H,51,54)/t34-,40-,44+,47+/m1/s1. The summed E-state index contributed by atoms with van der Waals surface area (Å²) in [6.45, 7) is 10.6. The summed E-state index contributed by atoms with van der Waals surface area (Å²) in [7, 11) is -4.48. The normalized spacial score (nSPS) is 18.7. The molecular weight excluding hydrogens is 844 g/mol. The number of sulfonamides is 1. The van der Waals surface area contributed by atoms with Crippen LogP contribution in [0.25, 0.3) is 11.1 Å². The zero-order valence-corrected chi connectivity index (χ0v) is 37.0. The number of nitrogens with one attached hydrogen (secondary N) is 2. The van der Waals surface area contributed by atoms with Crippen molar-refractivity contribution in [2.45, 2.75) is 48.1 Å². The van der Waals surface area contributed by atoms with Crippen LogP contribution in [-0.4, -0.2) is 75.4 Å². The van der Waals surface area contributed by atoms with Crippen LogP contribution >= 0.6 is 23.4 Å². The first kappa shape index (κ1) is 45.0. The lowest BCUT2D eigenvalue weighted by Gasteiger charge is -2.37. The van der Waals surface area contributed by atoms with Crippen LogP contribution in [0.3, 0.4) is 0 Å². The van der Waals surface area contributed by atoms with Crippen molar-refractivity contribution >= 4 is 50.7 Å². The molecule has 2 N–H and O–H groups in total. The molecule has 0 radical (unpaired) electrons. The molecular formula is C48H51ClN4O7S2. The lowest BCUT2D eigenvalue weighted by atomic mass is 9.78. The maximum atomic E-state index is 13.5. The van der Waals surface area contributed by atoms with E-state index in [9.17, 15) is 23.3 Å². The Hall–Kier alpha value is -5.02. The maximum absolute atomic E-state index is 13.5. The molecule has 2 saturated heterocycles. The number of benzene rings is 5. The summed E-state index contributed by atoms with van der Waals surface area (Å²) < 4.78 is 41.2. The number of ether oxygens (including phenoxy) is 2. The summed E-state index contributed by atoms with van der Waals surface area (Å²) >= 11 is 7.79. The molecule has 0 aromatic heterocycles. The van der Waals surface area contributed by atoms with Crippen LogP contribution in [0.2, 0.25) is 5.02 Å². The van der Waals surface area contributed by atoms with E-state index in [-0.39, 0.29) is 35.2 Å². The van der Waals surface area contributed by atoms with E-state index in [1.165, 1.54) is 17.7 Å². The molecule has 2 heterocycles. The molecule has 5 aromatic rings. The van der Waals surface area contributed by atoms with Crippen molar-refractivity contribution in [3.63, 3.8) is 0 Å². The number of carbonyl (C=O) groups is 1. The predicted molar refractivity (Wildman–Crippen MR) is 246 cm³/mol. The number of thioether (sulfide) groups is 1. The molecule has 0 saturated carbocycles. The number of morpholine rings is 1. The number of nitrogens with zero attached hydrogens (tertiary/aromatic N) is 2. The van der Waals surface area contributed by atoms with E-state index in [2.05, 4.69) is 39.7 Å². The lowest BCUT2D eigenvalue weighted by molar-refractivity contribution is -0.384. The molecule has 0 bridgehead atoms. The Kier molecular flexibility index (Phi) is 15.2. The van der Waals surface area contributed by atoms with E-state index in [1.54, 1.807) is 36.0 Å². The Bertz CT molecular complexity index is 2450. The third-order valence-corrected chi connectivity index (χ3v) is 14.2. The maximum Gasteiger partial charge on any atom is 0.293 e. The molecule has 2 aliphatic rings. The molecule has 5 aromatic carbocycles. The molecule has 2 aliphatic heterocycles. The van der Waals surface area contributed by atoms with Gasteiger partial charge in [0.1, 0.15) is 5.69 Å². The van der Waals surface area contributed by atoms with Gasteiger partial charge in [-0.3, -0.25) is 19.8 Å². The molecule has 0 unspecified atom stereocenters. The highest BCUT2D eigenvalue weighted by molar-refractivity contribution is 7.99. The van der Waals surface area contributed by atoms with Crippen LogP contribution in [0.15, 0.2) is 143 Å². The van der Waals surface area contributed by atoms with Gasteiger partial charge in [0.2, 0.25) is 0 Å². The monoisotopic (exact) mass is 894 g/mol. The molecule has 11 nitrogen and oxygen atoms in total. The van der Waals surface area contributed by atoms with Crippen LogP contribution in [0.1, 0.15) is 47.4 Å². The Morgan fingerprint density at radius 2 is 1.68 bits per heavy atom. The zero-order valence-electron chi connectivity index (χ0n) is 34.6. The molecule has 7 rings (SSSR count). The summed E-state index contributed by atoms with van der Waals surface area (Å²) in [5.41, 5.74) is 5.24. The van der Waals surface area contributed by atoms with Crippen LogP contribution < -0.4 is 10.0 Å². The number of halogens is 1. The Morgan fingerprint density at radius 3 is 2.39 bits per heavy atom. The van der Waals surface area contributed by atoms with Gasteiger partial charge in [0.15, 0.2) is 0 Å². The molecule has 4 atom stereocenters. The Labute approximate surface area is 373 Å². The largest absolute Gasteiger partial charge is 0.379 e. The number of rotatable bonds is 17. The lowest BCUT2D eigenvalue weighted by Crippen LogP contribution is -2.39. The molecule has 14 heteroatoms. The van der Waals surface area contributed by atoms with Gasteiger partial charge in [0, 0.05) is 58.9 Å². The van der Waals surface area contributed by atoms with Gasteiger partial charge in [-0.25, -0.2) is 13.1 Å². The highest BCUT2D eigenvalue weighted by atomic mass is 35.5. The van der Waals surface area contributed by atoms with Crippen molar-refractivity contribution in [3.05, 3.63) is 165 Å². The molecule has 0 spiro atoms. The number of hydrogen-bond donors (Lipinski definition) is 2. The van der Waals surface area contributed by atoms with Gasteiger partial charge in [0.05, 0.1) is 35.7 Å². The summed E-state index contributed by atoms with van der Waals surface area (Å²) in [5, 5.41) is 16.4. The van der Waals surface area contributed by atoms with E-state index in [0.29, 0.717) is 37.0 Å². The topological polar surface area (TPSA) is 140 Å². The Balaban J connectivity index is 0.998. The third-order valence-electron chi connectivity index (χ3n) is 11.4. The summed E-state index contributed by atoms with van der Waals surface area (Å²) in [5.74, 6) is 0.0378. The van der Waals surface area contributed by atoms with Crippen molar-refractivity contribution in [1.29, 1.82) is 0 Å². The molecule has 62 heavy (non-hydrogen) atoms. The minimum Gasteiger partial charge on any atom is -0.379 e. The van der Waals surface area contributed by atoms with E-state index in [4.69, 9.17) is 21.1 Å². The molecule has 0 aliphatic carbocycles. The van der Waals surface area contributed by atoms with Crippen molar-refractivity contribution in [1.82, 2.24) is 9.62 Å². The highest BCUT2D eigenvalue weighted by Crippen LogP contribution is 2.41. The fourth-order valence-corrected chi connectivity index (χ4v) is 10.2. The van der Waals surface area contributed by atoms with E-state index in [0.717, 1.165) is 65.7 Å². The average molecular weight is 896 g/mol. The number of carbonyl (C=O) groups excluding carboxylic acids is 1.